The Morgan fingerprint density at radius 3 is 2.58 bits per heavy atom. The van der Waals surface area contributed by atoms with E-state index in [-0.39, 0.29) is 5.91 Å². The fourth-order valence-corrected chi connectivity index (χ4v) is 4.74. The minimum absolute atomic E-state index is 0.0415. The highest BCUT2D eigenvalue weighted by atomic mass is 79.9. The van der Waals surface area contributed by atoms with E-state index in [1.807, 2.05) is 48.5 Å². The van der Waals surface area contributed by atoms with Gasteiger partial charge in [-0.05, 0) is 51.2 Å². The van der Waals surface area contributed by atoms with Gasteiger partial charge >= 0.3 is 0 Å². The van der Waals surface area contributed by atoms with Crippen LogP contribution in [0.3, 0.4) is 0 Å². The molecule has 6 nitrogen and oxygen atoms in total. The zero-order valence-corrected chi connectivity index (χ0v) is 21.9. The molecule has 0 aliphatic rings. The summed E-state index contributed by atoms with van der Waals surface area (Å²) in [6, 6.07) is 24.0. The number of unbranched alkanes of at least 4 members (excludes halogenated alkanes) is 1. The van der Waals surface area contributed by atoms with Crippen LogP contribution in [0.4, 0.5) is 5.82 Å². The van der Waals surface area contributed by atoms with Crippen molar-refractivity contribution in [3.63, 3.8) is 0 Å². The Labute approximate surface area is 222 Å². The lowest BCUT2D eigenvalue weighted by Gasteiger charge is -2.12. The number of halogens is 2. The minimum Gasteiger partial charge on any atom is -0.370 e. The maximum Gasteiger partial charge on any atom is 0.224 e. The molecule has 0 fully saturated rings. The first kappa shape index (κ1) is 24.3. The van der Waals surface area contributed by atoms with Crippen molar-refractivity contribution in [2.45, 2.75) is 19.3 Å². The molecule has 1 amide bonds. The van der Waals surface area contributed by atoms with Gasteiger partial charge in [-0.1, -0.05) is 72.3 Å². The van der Waals surface area contributed by atoms with Crippen LogP contribution in [-0.2, 0) is 11.2 Å². The Hall–Kier alpha value is -3.42. The van der Waals surface area contributed by atoms with Gasteiger partial charge in [0.05, 0.1) is 22.8 Å². The number of hydrogen-bond acceptors (Lipinski definition) is 4. The summed E-state index contributed by atoms with van der Waals surface area (Å²) >= 11 is 9.94. The highest BCUT2D eigenvalue weighted by Gasteiger charge is 2.13. The van der Waals surface area contributed by atoms with Crippen LogP contribution in [0.25, 0.3) is 27.7 Å². The number of benzene rings is 3. The summed E-state index contributed by atoms with van der Waals surface area (Å²) in [4.78, 5) is 17.1. The summed E-state index contributed by atoms with van der Waals surface area (Å²) in [5.74, 6) is 0.876. The summed E-state index contributed by atoms with van der Waals surface area (Å²) in [7, 11) is 0. The molecule has 36 heavy (non-hydrogen) atoms. The molecule has 0 radical (unpaired) electrons. The molecule has 0 spiro atoms. The van der Waals surface area contributed by atoms with E-state index in [2.05, 4.69) is 55.9 Å². The first-order valence-corrected chi connectivity index (χ1v) is 13.0. The van der Waals surface area contributed by atoms with Crippen molar-refractivity contribution < 1.29 is 4.79 Å². The quantitative estimate of drug-likeness (QED) is 0.201. The summed E-state index contributed by atoms with van der Waals surface area (Å²) in [5.41, 5.74) is 3.38. The fourth-order valence-electron chi connectivity index (χ4n) is 4.16. The molecule has 0 aliphatic heterocycles. The number of carbonyl (C=O) groups is 1. The number of hydrogen-bond donors (Lipinski definition) is 2. The Morgan fingerprint density at radius 1 is 0.944 bits per heavy atom. The van der Waals surface area contributed by atoms with Gasteiger partial charge in [-0.25, -0.2) is 4.98 Å². The average molecular weight is 563 g/mol. The van der Waals surface area contributed by atoms with E-state index in [1.54, 1.807) is 10.7 Å². The molecule has 5 aromatic rings. The third-order valence-corrected chi connectivity index (χ3v) is 6.88. The lowest BCUT2D eigenvalue weighted by atomic mass is 10.0. The summed E-state index contributed by atoms with van der Waals surface area (Å²) < 4.78 is 2.59. The lowest BCUT2D eigenvalue weighted by molar-refractivity contribution is -0.120. The summed E-state index contributed by atoms with van der Waals surface area (Å²) in [6.45, 7) is 1.37. The third kappa shape index (κ3) is 5.53. The van der Waals surface area contributed by atoms with Gasteiger partial charge in [0.25, 0.3) is 0 Å². The summed E-state index contributed by atoms with van der Waals surface area (Å²) in [6.07, 6.45) is 3.88. The van der Waals surface area contributed by atoms with Crippen LogP contribution >= 0.6 is 27.5 Å². The number of amides is 1. The molecule has 2 heterocycles. The minimum atomic E-state index is 0.0415. The molecule has 0 atom stereocenters. The predicted molar refractivity (Wildman–Crippen MR) is 150 cm³/mol. The van der Waals surface area contributed by atoms with Crippen molar-refractivity contribution in [2.75, 3.05) is 18.4 Å². The van der Waals surface area contributed by atoms with Crippen LogP contribution in [0.1, 0.15) is 18.4 Å². The van der Waals surface area contributed by atoms with Crippen molar-refractivity contribution in [3.05, 3.63) is 94.1 Å². The second-order valence-corrected chi connectivity index (χ2v) is 9.84. The highest BCUT2D eigenvalue weighted by molar-refractivity contribution is 9.10. The van der Waals surface area contributed by atoms with Gasteiger partial charge in [-0.2, -0.15) is 9.61 Å². The van der Waals surface area contributed by atoms with E-state index in [9.17, 15) is 4.79 Å². The smallest absolute Gasteiger partial charge is 0.224 e. The van der Waals surface area contributed by atoms with E-state index < -0.39 is 0 Å². The average Bonchev–Trinajstić information content (AvgIpc) is 3.27. The van der Waals surface area contributed by atoms with E-state index in [4.69, 9.17) is 16.6 Å². The monoisotopic (exact) mass is 561 g/mol. The van der Waals surface area contributed by atoms with Crippen molar-refractivity contribution in [3.8, 4) is 11.3 Å². The molecule has 0 saturated carbocycles. The second-order valence-electron chi connectivity index (χ2n) is 8.58. The first-order chi connectivity index (χ1) is 17.6. The van der Waals surface area contributed by atoms with Crippen molar-refractivity contribution in [2.24, 2.45) is 0 Å². The molecule has 5 rings (SSSR count). The Bertz CT molecular complexity index is 1530. The van der Waals surface area contributed by atoms with Crippen LogP contribution < -0.4 is 10.6 Å². The van der Waals surface area contributed by atoms with Gasteiger partial charge in [-0.15, -0.1) is 0 Å². The molecule has 182 valence electrons. The maximum absolute atomic E-state index is 12.4. The van der Waals surface area contributed by atoms with E-state index in [0.29, 0.717) is 18.0 Å². The van der Waals surface area contributed by atoms with Gasteiger partial charge in [0.2, 0.25) is 5.91 Å². The molecular weight excluding hydrogens is 538 g/mol. The molecule has 0 bridgehead atoms. The number of nitrogens with zero attached hydrogens (tertiary/aromatic N) is 3. The van der Waals surface area contributed by atoms with Crippen LogP contribution in [0.2, 0.25) is 5.02 Å². The number of anilines is 1. The largest absolute Gasteiger partial charge is 0.370 e. The molecule has 2 N–H and O–H groups in total. The molecule has 8 heteroatoms. The van der Waals surface area contributed by atoms with E-state index in [1.165, 1.54) is 5.39 Å². The normalized spacial score (nSPS) is 11.2. The zero-order chi connectivity index (χ0) is 24.9. The predicted octanol–water partition coefficient (Wildman–Crippen LogP) is 6.52. The Balaban J connectivity index is 1.14. The van der Waals surface area contributed by atoms with Gasteiger partial charge in [0, 0.05) is 29.7 Å². The van der Waals surface area contributed by atoms with Crippen LogP contribution in [0.5, 0.6) is 0 Å². The molecule has 0 unspecified atom stereocenters. The number of nitrogens with one attached hydrogen (secondary N) is 2. The van der Waals surface area contributed by atoms with Crippen molar-refractivity contribution >= 4 is 55.7 Å². The first-order valence-electron chi connectivity index (χ1n) is 11.9. The van der Waals surface area contributed by atoms with Crippen LogP contribution in [0.15, 0.2) is 83.5 Å². The zero-order valence-electron chi connectivity index (χ0n) is 19.5. The van der Waals surface area contributed by atoms with Gasteiger partial charge in [0.15, 0.2) is 5.65 Å². The van der Waals surface area contributed by atoms with Gasteiger partial charge in [-0.3, -0.25) is 4.79 Å². The third-order valence-electron chi connectivity index (χ3n) is 5.99. The standard InChI is InChI=1S/C28H25BrClN5O/c29-23-18-33-35-26(17-25(34-28(23)35)22-9-3-4-10-24(22)30)31-13-5-6-14-32-27(36)16-19-11-12-20-7-1-2-8-21(20)15-19/h1-4,7-12,15,17-18,31H,5-6,13-14,16H2,(H,32,36). The number of carbonyl (C=O) groups excluding carboxylic acids is 1. The van der Waals surface area contributed by atoms with Crippen LogP contribution in [-0.4, -0.2) is 33.6 Å². The van der Waals surface area contributed by atoms with Crippen LogP contribution in [0, 0.1) is 0 Å². The number of aromatic nitrogens is 3. The Kier molecular flexibility index (Phi) is 7.49. The fraction of sp³-hybridized carbons (Fsp3) is 0.179. The molecule has 0 aliphatic carbocycles. The maximum atomic E-state index is 12.4. The lowest BCUT2D eigenvalue weighted by Crippen LogP contribution is -2.26. The topological polar surface area (TPSA) is 71.3 Å². The van der Waals surface area contributed by atoms with Gasteiger partial charge < -0.3 is 10.6 Å². The van der Waals surface area contributed by atoms with Crippen molar-refractivity contribution in [1.82, 2.24) is 19.9 Å². The SMILES string of the molecule is O=C(Cc1ccc2ccccc2c1)NCCCCNc1cc(-c2ccccc2Cl)nc2c(Br)cnn12. The van der Waals surface area contributed by atoms with Crippen molar-refractivity contribution in [1.29, 1.82) is 0 Å². The molecular formula is C28H25BrClN5O. The molecule has 2 aromatic heterocycles. The second kappa shape index (κ2) is 11.1. The molecule has 0 saturated heterocycles. The van der Waals surface area contributed by atoms with Gasteiger partial charge in [0.1, 0.15) is 5.82 Å². The number of fused-ring (bicyclic) bond motifs is 2. The van der Waals surface area contributed by atoms with E-state index >= 15 is 0 Å². The Morgan fingerprint density at radius 2 is 1.72 bits per heavy atom. The van der Waals surface area contributed by atoms with E-state index in [0.717, 1.165) is 57.5 Å². The summed E-state index contributed by atoms with van der Waals surface area (Å²) in [5, 5.41) is 13.9. The number of rotatable bonds is 9. The molecule has 3 aromatic carbocycles. The highest BCUT2D eigenvalue weighted by Crippen LogP contribution is 2.30.